The zero-order valence-corrected chi connectivity index (χ0v) is 9.69. The van der Waals surface area contributed by atoms with E-state index in [0.717, 1.165) is 17.1 Å². The average Bonchev–Trinajstić information content (AvgIpc) is 2.97. The summed E-state index contributed by atoms with van der Waals surface area (Å²) in [5.74, 6) is 1.44. The smallest absolute Gasteiger partial charge is 0.123 e. The summed E-state index contributed by atoms with van der Waals surface area (Å²) in [6.45, 7) is 2.56. The Morgan fingerprint density at radius 1 is 1.47 bits per heavy atom. The number of ether oxygens (including phenoxy) is 1. The summed E-state index contributed by atoms with van der Waals surface area (Å²) in [4.78, 5) is 0. The zero-order valence-electron chi connectivity index (χ0n) is 8.79. The molecule has 1 aliphatic rings. The number of aryl methyl sites for hydroxylation is 1. The lowest BCUT2D eigenvalue weighted by Gasteiger charge is -2.14. The molecule has 1 saturated carbocycles. The van der Waals surface area contributed by atoms with Gasteiger partial charge in [-0.1, -0.05) is 0 Å². The molecular formula is C12H15FOS. The number of rotatable bonds is 4. The summed E-state index contributed by atoms with van der Waals surface area (Å²) >= 11 is 4.31. The van der Waals surface area contributed by atoms with Gasteiger partial charge in [-0.2, -0.15) is 12.6 Å². The number of hydrogen-bond acceptors (Lipinski definition) is 2. The van der Waals surface area contributed by atoms with Crippen molar-refractivity contribution in [3.8, 4) is 5.75 Å². The third-order valence-electron chi connectivity index (χ3n) is 2.96. The number of halogens is 1. The Morgan fingerprint density at radius 3 is 2.73 bits per heavy atom. The van der Waals surface area contributed by atoms with Crippen LogP contribution in [0, 0.1) is 18.2 Å². The fraction of sp³-hybridized carbons (Fsp3) is 0.500. The highest BCUT2D eigenvalue weighted by Crippen LogP contribution is 2.46. The molecule has 1 nitrogen and oxygen atoms in total. The molecule has 1 aliphatic carbocycles. The Labute approximate surface area is 95.0 Å². The van der Waals surface area contributed by atoms with Crippen LogP contribution in [0.2, 0.25) is 0 Å². The van der Waals surface area contributed by atoms with Crippen molar-refractivity contribution in [2.75, 3.05) is 12.4 Å². The Kier molecular flexibility index (Phi) is 2.91. The van der Waals surface area contributed by atoms with Crippen LogP contribution in [0.25, 0.3) is 0 Å². The average molecular weight is 226 g/mol. The minimum absolute atomic E-state index is 0.213. The van der Waals surface area contributed by atoms with E-state index in [1.165, 1.54) is 25.0 Å². The molecule has 0 aliphatic heterocycles. The molecule has 82 valence electrons. The number of thiol groups is 1. The van der Waals surface area contributed by atoms with Gasteiger partial charge in [-0.15, -0.1) is 0 Å². The van der Waals surface area contributed by atoms with Gasteiger partial charge in [0.15, 0.2) is 0 Å². The second-order valence-electron chi connectivity index (χ2n) is 4.36. The highest BCUT2D eigenvalue weighted by molar-refractivity contribution is 7.80. The highest BCUT2D eigenvalue weighted by Gasteiger charge is 2.42. The van der Waals surface area contributed by atoms with Gasteiger partial charge in [0.25, 0.3) is 0 Å². The van der Waals surface area contributed by atoms with E-state index in [-0.39, 0.29) is 11.2 Å². The quantitative estimate of drug-likeness (QED) is 0.776. The summed E-state index contributed by atoms with van der Waals surface area (Å²) < 4.78 is 18.5. The maximum absolute atomic E-state index is 12.8. The summed E-state index contributed by atoms with van der Waals surface area (Å²) in [5.41, 5.74) is 1.13. The molecule has 15 heavy (non-hydrogen) atoms. The maximum Gasteiger partial charge on any atom is 0.123 e. The first-order chi connectivity index (χ1) is 7.15. The summed E-state index contributed by atoms with van der Waals surface area (Å²) in [6.07, 6.45) is 2.38. The van der Waals surface area contributed by atoms with Gasteiger partial charge in [0.05, 0.1) is 6.61 Å². The molecule has 1 fully saturated rings. The van der Waals surface area contributed by atoms with Crippen molar-refractivity contribution < 1.29 is 9.13 Å². The van der Waals surface area contributed by atoms with Crippen molar-refractivity contribution in [1.29, 1.82) is 0 Å². The topological polar surface area (TPSA) is 9.23 Å². The molecule has 0 saturated heterocycles. The van der Waals surface area contributed by atoms with E-state index in [4.69, 9.17) is 4.74 Å². The van der Waals surface area contributed by atoms with Crippen LogP contribution in [-0.2, 0) is 0 Å². The highest BCUT2D eigenvalue weighted by atomic mass is 32.1. The predicted molar refractivity (Wildman–Crippen MR) is 62.2 cm³/mol. The van der Waals surface area contributed by atoms with Crippen molar-refractivity contribution >= 4 is 12.6 Å². The molecule has 0 aromatic heterocycles. The van der Waals surface area contributed by atoms with Gasteiger partial charge in [-0.25, -0.2) is 4.39 Å². The van der Waals surface area contributed by atoms with Crippen LogP contribution in [0.4, 0.5) is 4.39 Å². The van der Waals surface area contributed by atoms with Gasteiger partial charge in [-0.05, 0) is 49.3 Å². The Bertz CT molecular complexity index is 361. The molecule has 0 atom stereocenters. The molecular weight excluding hydrogens is 211 g/mol. The Morgan fingerprint density at radius 2 is 2.20 bits per heavy atom. The number of hydrogen-bond donors (Lipinski definition) is 1. The first-order valence-electron chi connectivity index (χ1n) is 5.15. The fourth-order valence-corrected chi connectivity index (χ4v) is 1.94. The zero-order chi connectivity index (χ0) is 10.9. The second-order valence-corrected chi connectivity index (χ2v) is 4.67. The lowest BCUT2D eigenvalue weighted by Crippen LogP contribution is -2.15. The van der Waals surface area contributed by atoms with Gasteiger partial charge in [0.1, 0.15) is 11.6 Å². The van der Waals surface area contributed by atoms with E-state index in [1.807, 2.05) is 6.92 Å². The lowest BCUT2D eigenvalue weighted by molar-refractivity contribution is 0.249. The van der Waals surface area contributed by atoms with Gasteiger partial charge in [0.2, 0.25) is 0 Å². The van der Waals surface area contributed by atoms with Crippen LogP contribution < -0.4 is 4.74 Å². The largest absolute Gasteiger partial charge is 0.493 e. The molecule has 0 N–H and O–H groups in total. The monoisotopic (exact) mass is 226 g/mol. The van der Waals surface area contributed by atoms with E-state index in [0.29, 0.717) is 6.61 Å². The van der Waals surface area contributed by atoms with Gasteiger partial charge >= 0.3 is 0 Å². The molecule has 1 aromatic carbocycles. The van der Waals surface area contributed by atoms with Crippen LogP contribution in [0.1, 0.15) is 18.4 Å². The third-order valence-corrected chi connectivity index (χ3v) is 3.63. The lowest BCUT2D eigenvalue weighted by atomic mass is 10.1. The van der Waals surface area contributed by atoms with Gasteiger partial charge in [0, 0.05) is 5.41 Å². The van der Waals surface area contributed by atoms with Crippen molar-refractivity contribution in [3.05, 3.63) is 29.6 Å². The molecule has 0 heterocycles. The molecule has 2 rings (SSSR count). The van der Waals surface area contributed by atoms with Gasteiger partial charge in [-0.3, -0.25) is 0 Å². The van der Waals surface area contributed by atoms with E-state index in [2.05, 4.69) is 12.6 Å². The van der Waals surface area contributed by atoms with Crippen LogP contribution >= 0.6 is 12.6 Å². The maximum atomic E-state index is 12.8. The molecule has 0 bridgehead atoms. The molecule has 0 spiro atoms. The van der Waals surface area contributed by atoms with Crippen LogP contribution in [0.5, 0.6) is 5.75 Å². The minimum Gasteiger partial charge on any atom is -0.493 e. The van der Waals surface area contributed by atoms with Crippen LogP contribution in [0.3, 0.4) is 0 Å². The summed E-state index contributed by atoms with van der Waals surface area (Å²) in [6, 6.07) is 4.62. The predicted octanol–water partition coefficient (Wildman–Crippen LogP) is 3.22. The third kappa shape index (κ3) is 2.46. The molecule has 0 radical (unpaired) electrons. The molecule has 0 amide bonds. The Balaban J connectivity index is 1.99. The summed E-state index contributed by atoms with van der Waals surface area (Å²) in [7, 11) is 0. The summed E-state index contributed by atoms with van der Waals surface area (Å²) in [5, 5.41) is 0. The first kappa shape index (κ1) is 10.8. The Hall–Kier alpha value is -0.700. The van der Waals surface area contributed by atoms with E-state index >= 15 is 0 Å². The SMILES string of the molecule is Cc1cc(F)ccc1OCC1(CS)CC1. The van der Waals surface area contributed by atoms with Crippen molar-refractivity contribution in [2.24, 2.45) is 5.41 Å². The van der Waals surface area contributed by atoms with E-state index in [1.54, 1.807) is 6.07 Å². The van der Waals surface area contributed by atoms with Crippen LogP contribution in [-0.4, -0.2) is 12.4 Å². The standard InChI is InChI=1S/C12H15FOS/c1-9-6-10(13)2-3-11(9)14-7-12(8-15)4-5-12/h2-3,6,15H,4-5,7-8H2,1H3. The number of benzene rings is 1. The normalized spacial score (nSPS) is 17.5. The fourth-order valence-electron chi connectivity index (χ4n) is 1.53. The van der Waals surface area contributed by atoms with Crippen molar-refractivity contribution in [2.45, 2.75) is 19.8 Å². The van der Waals surface area contributed by atoms with Crippen molar-refractivity contribution in [1.82, 2.24) is 0 Å². The molecule has 0 unspecified atom stereocenters. The van der Waals surface area contributed by atoms with Crippen LogP contribution in [0.15, 0.2) is 18.2 Å². The van der Waals surface area contributed by atoms with Gasteiger partial charge < -0.3 is 4.74 Å². The molecule has 3 heteroatoms. The first-order valence-corrected chi connectivity index (χ1v) is 5.78. The van der Waals surface area contributed by atoms with Crippen molar-refractivity contribution in [3.63, 3.8) is 0 Å². The molecule has 1 aromatic rings. The van der Waals surface area contributed by atoms with E-state index < -0.39 is 0 Å². The van der Waals surface area contributed by atoms with E-state index in [9.17, 15) is 4.39 Å². The minimum atomic E-state index is -0.213. The second kappa shape index (κ2) is 4.05.